The Balaban J connectivity index is 2.02. The lowest BCUT2D eigenvalue weighted by Gasteiger charge is -2.12. The molecule has 0 radical (unpaired) electrons. The fraction of sp³-hybridized carbons (Fsp3) is 0.200. The summed E-state index contributed by atoms with van der Waals surface area (Å²) in [6.45, 7) is 4.51. The van der Waals surface area contributed by atoms with Crippen molar-refractivity contribution >= 4 is 33.8 Å². The molecule has 1 nitrogen and oxygen atoms in total. The van der Waals surface area contributed by atoms with Crippen LogP contribution < -0.4 is 10.6 Å². The van der Waals surface area contributed by atoms with Crippen molar-refractivity contribution in [3.05, 3.63) is 76.8 Å². The highest BCUT2D eigenvalue weighted by molar-refractivity contribution is 5.93. The highest BCUT2D eigenvalue weighted by Crippen LogP contribution is 2.25. The number of hydrogen-bond acceptors (Lipinski definition) is 0. The fourth-order valence-electron chi connectivity index (χ4n) is 4.33. The average molecular weight is 337 g/mol. The maximum absolute atomic E-state index is 2.48. The van der Waals surface area contributed by atoms with E-state index in [0.29, 0.717) is 5.92 Å². The first-order valence-corrected chi connectivity index (χ1v) is 9.53. The number of benzene rings is 3. The molecular weight excluding hydrogens is 314 g/mol. The minimum Gasteiger partial charge on any atom is -0.309 e. The molecule has 0 amide bonds. The van der Waals surface area contributed by atoms with Crippen molar-refractivity contribution in [1.82, 2.24) is 4.57 Å². The first-order valence-electron chi connectivity index (χ1n) is 9.53. The molecule has 1 heterocycles. The molecule has 0 saturated carbocycles. The molecule has 26 heavy (non-hydrogen) atoms. The van der Waals surface area contributed by atoms with Crippen molar-refractivity contribution < 1.29 is 0 Å². The molecule has 1 aliphatic carbocycles. The summed E-state index contributed by atoms with van der Waals surface area (Å²) in [5, 5.41) is 6.72. The van der Waals surface area contributed by atoms with Crippen LogP contribution in [-0.4, -0.2) is 4.57 Å². The number of fused-ring (bicyclic) bond motifs is 4. The van der Waals surface area contributed by atoms with Crippen LogP contribution in [-0.2, 0) is 0 Å². The van der Waals surface area contributed by atoms with Crippen molar-refractivity contribution in [2.24, 2.45) is 5.92 Å². The summed E-state index contributed by atoms with van der Waals surface area (Å²) in [6, 6.07) is 22.2. The Hall–Kier alpha value is -2.80. The maximum atomic E-state index is 2.48. The molecule has 0 saturated heterocycles. The lowest BCUT2D eigenvalue weighted by molar-refractivity contribution is 0.703. The zero-order chi connectivity index (χ0) is 17.7. The summed E-state index contributed by atoms with van der Waals surface area (Å²) < 4.78 is 2.48. The van der Waals surface area contributed by atoms with E-state index in [-0.39, 0.29) is 0 Å². The second-order valence-corrected chi connectivity index (χ2v) is 7.58. The van der Waals surface area contributed by atoms with Gasteiger partial charge in [0.25, 0.3) is 0 Å². The van der Waals surface area contributed by atoms with Crippen molar-refractivity contribution in [2.45, 2.75) is 26.7 Å². The van der Waals surface area contributed by atoms with Gasteiger partial charge in [-0.05, 0) is 48.8 Å². The monoisotopic (exact) mass is 337 g/mol. The van der Waals surface area contributed by atoms with E-state index in [4.69, 9.17) is 0 Å². The zero-order valence-corrected chi connectivity index (χ0v) is 15.4. The zero-order valence-electron chi connectivity index (χ0n) is 15.4. The summed E-state index contributed by atoms with van der Waals surface area (Å²) in [7, 11) is 0. The van der Waals surface area contributed by atoms with Crippen LogP contribution in [0.3, 0.4) is 0 Å². The fourth-order valence-corrected chi connectivity index (χ4v) is 4.33. The largest absolute Gasteiger partial charge is 0.309 e. The molecular formula is C25H23N. The molecule has 128 valence electrons. The Bertz CT molecular complexity index is 1250. The smallest absolute Gasteiger partial charge is 0.0543 e. The molecule has 3 aromatic carbocycles. The van der Waals surface area contributed by atoms with E-state index in [1.807, 2.05) is 0 Å². The Morgan fingerprint density at radius 1 is 0.923 bits per heavy atom. The van der Waals surface area contributed by atoms with E-state index >= 15 is 0 Å². The molecule has 4 aromatic rings. The number of aromatic nitrogens is 1. The van der Waals surface area contributed by atoms with E-state index < -0.39 is 0 Å². The second kappa shape index (κ2) is 5.88. The number of aryl methyl sites for hydroxylation is 1. The predicted octanol–water partition coefficient (Wildman–Crippen LogP) is 5.08. The first kappa shape index (κ1) is 15.5. The van der Waals surface area contributed by atoms with Crippen LogP contribution >= 0.6 is 0 Å². The second-order valence-electron chi connectivity index (χ2n) is 7.58. The topological polar surface area (TPSA) is 4.93 Å². The molecule has 1 heteroatoms. The van der Waals surface area contributed by atoms with Crippen LogP contribution in [0.1, 0.15) is 25.3 Å². The molecule has 0 bridgehead atoms. The van der Waals surface area contributed by atoms with E-state index in [9.17, 15) is 0 Å². The predicted molar refractivity (Wildman–Crippen MR) is 112 cm³/mol. The van der Waals surface area contributed by atoms with E-state index in [0.717, 1.165) is 6.42 Å². The summed E-state index contributed by atoms with van der Waals surface area (Å²) >= 11 is 0. The normalized spacial score (nSPS) is 16.8. The Kier molecular flexibility index (Phi) is 3.49. The third kappa shape index (κ3) is 2.31. The third-order valence-electron chi connectivity index (χ3n) is 5.62. The quantitative estimate of drug-likeness (QED) is 0.456. The first-order chi connectivity index (χ1) is 12.7. The van der Waals surface area contributed by atoms with Gasteiger partial charge in [0.1, 0.15) is 0 Å². The van der Waals surface area contributed by atoms with E-state index in [2.05, 4.69) is 91.2 Å². The van der Waals surface area contributed by atoms with Crippen molar-refractivity contribution in [1.29, 1.82) is 0 Å². The SMILES string of the molecule is Cc1ccc2c3c(n(-c4cccc5ccccc45)c2c1)=CC(C)CCC=3. The Morgan fingerprint density at radius 2 is 1.77 bits per heavy atom. The van der Waals surface area contributed by atoms with E-state index in [1.165, 1.54) is 49.9 Å². The molecule has 0 fully saturated rings. The summed E-state index contributed by atoms with van der Waals surface area (Å²) in [4.78, 5) is 0. The van der Waals surface area contributed by atoms with Crippen LogP contribution in [0.4, 0.5) is 0 Å². The summed E-state index contributed by atoms with van der Waals surface area (Å²) in [5.41, 5.74) is 3.89. The Labute approximate surface area is 153 Å². The minimum atomic E-state index is 0.589. The molecule has 0 spiro atoms. The van der Waals surface area contributed by atoms with Crippen LogP contribution in [0.2, 0.25) is 0 Å². The summed E-state index contributed by atoms with van der Waals surface area (Å²) in [6.07, 6.45) is 7.27. The van der Waals surface area contributed by atoms with Gasteiger partial charge in [-0.3, -0.25) is 0 Å². The molecule has 0 N–H and O–H groups in total. The van der Waals surface area contributed by atoms with Crippen LogP contribution in [0.25, 0.3) is 39.5 Å². The van der Waals surface area contributed by atoms with Crippen molar-refractivity contribution in [2.75, 3.05) is 0 Å². The van der Waals surface area contributed by atoms with Crippen LogP contribution in [0.5, 0.6) is 0 Å². The van der Waals surface area contributed by atoms with Gasteiger partial charge in [0.05, 0.1) is 16.6 Å². The highest BCUT2D eigenvalue weighted by atomic mass is 15.0. The van der Waals surface area contributed by atoms with Gasteiger partial charge in [0.15, 0.2) is 0 Å². The highest BCUT2D eigenvalue weighted by Gasteiger charge is 2.14. The Morgan fingerprint density at radius 3 is 2.69 bits per heavy atom. The maximum Gasteiger partial charge on any atom is 0.0543 e. The molecule has 0 aliphatic heterocycles. The molecule has 1 aromatic heterocycles. The number of nitrogens with zero attached hydrogens (tertiary/aromatic N) is 1. The van der Waals surface area contributed by atoms with Gasteiger partial charge in [-0.25, -0.2) is 0 Å². The average Bonchev–Trinajstić information content (AvgIpc) is 2.80. The lowest BCUT2D eigenvalue weighted by atomic mass is 10.1. The number of rotatable bonds is 1. The molecule has 1 unspecified atom stereocenters. The van der Waals surface area contributed by atoms with Crippen molar-refractivity contribution in [3.8, 4) is 5.69 Å². The van der Waals surface area contributed by atoms with Gasteiger partial charge in [0, 0.05) is 16.0 Å². The van der Waals surface area contributed by atoms with Gasteiger partial charge in [-0.1, -0.05) is 67.6 Å². The lowest BCUT2D eigenvalue weighted by Crippen LogP contribution is -2.28. The van der Waals surface area contributed by atoms with Crippen LogP contribution in [0.15, 0.2) is 60.7 Å². The van der Waals surface area contributed by atoms with Gasteiger partial charge in [-0.15, -0.1) is 0 Å². The minimum absolute atomic E-state index is 0.589. The van der Waals surface area contributed by atoms with Gasteiger partial charge in [-0.2, -0.15) is 0 Å². The standard InChI is InChI=1S/C25H23N/c1-17-7-5-11-21-22-14-13-18(2)16-25(22)26(24(21)15-17)23-12-6-9-19-8-3-4-10-20(19)23/h3-4,6,8-17H,5,7H2,1-2H3. The van der Waals surface area contributed by atoms with Crippen molar-refractivity contribution in [3.63, 3.8) is 0 Å². The molecule has 1 aliphatic rings. The van der Waals surface area contributed by atoms with Gasteiger partial charge < -0.3 is 4.57 Å². The van der Waals surface area contributed by atoms with Gasteiger partial charge in [0.2, 0.25) is 0 Å². The van der Waals surface area contributed by atoms with Crippen LogP contribution in [0, 0.1) is 12.8 Å². The van der Waals surface area contributed by atoms with Gasteiger partial charge >= 0.3 is 0 Å². The van der Waals surface area contributed by atoms with E-state index in [1.54, 1.807) is 0 Å². The molecule has 1 atom stereocenters. The summed E-state index contributed by atoms with van der Waals surface area (Å²) in [5.74, 6) is 0.589. The molecule has 5 rings (SSSR count). The number of hydrogen-bond donors (Lipinski definition) is 0. The third-order valence-corrected chi connectivity index (χ3v) is 5.62.